The standard InChI is InChI=1S/C16H18N2O2/c1-10-5-16(20)18(17-8-10)9-15(19)14-7-12(3)11(2)6-13(14)4/h5-8H,9H2,1-4H3. The van der Waals surface area contributed by atoms with Crippen LogP contribution in [-0.2, 0) is 6.54 Å². The summed E-state index contributed by atoms with van der Waals surface area (Å²) >= 11 is 0. The van der Waals surface area contributed by atoms with Crippen molar-refractivity contribution in [1.82, 2.24) is 9.78 Å². The lowest BCUT2D eigenvalue weighted by Gasteiger charge is -2.09. The fourth-order valence-corrected chi connectivity index (χ4v) is 2.13. The van der Waals surface area contributed by atoms with E-state index in [1.807, 2.05) is 32.9 Å². The van der Waals surface area contributed by atoms with Gasteiger partial charge in [0.1, 0.15) is 6.54 Å². The second kappa shape index (κ2) is 5.41. The molecule has 0 bridgehead atoms. The van der Waals surface area contributed by atoms with Crippen molar-refractivity contribution in [3.8, 4) is 0 Å². The smallest absolute Gasteiger partial charge is 0.267 e. The molecule has 0 amide bonds. The first-order chi connectivity index (χ1) is 9.38. The second-order valence-corrected chi connectivity index (χ2v) is 5.20. The summed E-state index contributed by atoms with van der Waals surface area (Å²) in [6, 6.07) is 5.35. The Morgan fingerprint density at radius 1 is 1.05 bits per heavy atom. The SMILES string of the molecule is Cc1cnn(CC(=O)c2cc(C)c(C)cc2C)c(=O)c1. The molecule has 104 valence electrons. The number of nitrogens with zero attached hydrogens (tertiary/aromatic N) is 2. The topological polar surface area (TPSA) is 52.0 Å². The summed E-state index contributed by atoms with van der Waals surface area (Å²) in [6.07, 6.45) is 1.59. The minimum Gasteiger partial charge on any atom is -0.292 e. The number of aromatic nitrogens is 2. The number of ketones is 1. The highest BCUT2D eigenvalue weighted by molar-refractivity contribution is 5.97. The highest BCUT2D eigenvalue weighted by Gasteiger charge is 2.12. The van der Waals surface area contributed by atoms with Gasteiger partial charge in [0.25, 0.3) is 5.56 Å². The average molecular weight is 270 g/mol. The molecule has 0 aliphatic rings. The van der Waals surface area contributed by atoms with Gasteiger partial charge in [0, 0.05) is 11.6 Å². The van der Waals surface area contributed by atoms with Crippen LogP contribution in [0, 0.1) is 27.7 Å². The van der Waals surface area contributed by atoms with E-state index < -0.39 is 0 Å². The second-order valence-electron chi connectivity index (χ2n) is 5.20. The van der Waals surface area contributed by atoms with Crippen LogP contribution in [0.3, 0.4) is 0 Å². The third-order valence-electron chi connectivity index (χ3n) is 3.44. The van der Waals surface area contributed by atoms with E-state index in [0.717, 1.165) is 22.3 Å². The van der Waals surface area contributed by atoms with Crippen LogP contribution < -0.4 is 5.56 Å². The monoisotopic (exact) mass is 270 g/mol. The molecule has 1 heterocycles. The Kier molecular flexibility index (Phi) is 3.84. The van der Waals surface area contributed by atoms with Gasteiger partial charge in [-0.3, -0.25) is 9.59 Å². The summed E-state index contributed by atoms with van der Waals surface area (Å²) in [5.74, 6) is -0.0935. The predicted octanol–water partition coefficient (Wildman–Crippen LogP) is 2.36. The highest BCUT2D eigenvalue weighted by atomic mass is 16.1. The summed E-state index contributed by atoms with van der Waals surface area (Å²) in [5, 5.41) is 4.00. The van der Waals surface area contributed by atoms with E-state index in [4.69, 9.17) is 0 Å². The molecule has 0 radical (unpaired) electrons. The molecule has 0 aliphatic carbocycles. The minimum absolute atomic E-state index is 0.0253. The van der Waals surface area contributed by atoms with Crippen molar-refractivity contribution in [3.63, 3.8) is 0 Å². The zero-order valence-electron chi connectivity index (χ0n) is 12.2. The van der Waals surface area contributed by atoms with Gasteiger partial charge in [-0.15, -0.1) is 0 Å². The molecule has 0 spiro atoms. The van der Waals surface area contributed by atoms with E-state index in [-0.39, 0.29) is 17.9 Å². The number of hydrogen-bond donors (Lipinski definition) is 0. The van der Waals surface area contributed by atoms with E-state index in [1.165, 1.54) is 10.7 Å². The van der Waals surface area contributed by atoms with Crippen LogP contribution in [0.25, 0.3) is 0 Å². The minimum atomic E-state index is -0.250. The molecule has 0 saturated heterocycles. The Balaban J connectivity index is 2.33. The molecule has 0 saturated carbocycles. The molecular weight excluding hydrogens is 252 g/mol. The summed E-state index contributed by atoms with van der Waals surface area (Å²) in [4.78, 5) is 24.1. The average Bonchev–Trinajstić information content (AvgIpc) is 2.37. The molecule has 0 atom stereocenters. The number of benzene rings is 1. The number of aryl methyl sites for hydroxylation is 4. The van der Waals surface area contributed by atoms with E-state index in [1.54, 1.807) is 13.1 Å². The van der Waals surface area contributed by atoms with Gasteiger partial charge in [-0.25, -0.2) is 4.68 Å². The lowest BCUT2D eigenvalue weighted by atomic mass is 9.98. The first-order valence-corrected chi connectivity index (χ1v) is 6.53. The van der Waals surface area contributed by atoms with E-state index >= 15 is 0 Å². The quantitative estimate of drug-likeness (QED) is 0.804. The first kappa shape index (κ1) is 14.2. The number of carbonyl (C=O) groups excluding carboxylic acids is 1. The first-order valence-electron chi connectivity index (χ1n) is 6.53. The number of Topliss-reactive ketones (excluding diaryl/α,β-unsaturated/α-hetero) is 1. The Morgan fingerprint density at radius 3 is 2.35 bits per heavy atom. The van der Waals surface area contributed by atoms with Gasteiger partial charge >= 0.3 is 0 Å². The largest absolute Gasteiger partial charge is 0.292 e. The maximum Gasteiger partial charge on any atom is 0.267 e. The van der Waals surface area contributed by atoms with Crippen LogP contribution in [0.5, 0.6) is 0 Å². The van der Waals surface area contributed by atoms with Crippen LogP contribution in [0.2, 0.25) is 0 Å². The molecule has 4 heteroatoms. The lowest BCUT2D eigenvalue weighted by molar-refractivity contribution is 0.0965. The molecule has 0 fully saturated rings. The maximum atomic E-state index is 12.3. The van der Waals surface area contributed by atoms with Gasteiger partial charge < -0.3 is 0 Å². The molecule has 0 N–H and O–H groups in total. The van der Waals surface area contributed by atoms with E-state index in [9.17, 15) is 9.59 Å². The lowest BCUT2D eigenvalue weighted by Crippen LogP contribution is -2.26. The zero-order chi connectivity index (χ0) is 14.9. The summed E-state index contributed by atoms with van der Waals surface area (Å²) in [7, 11) is 0. The van der Waals surface area contributed by atoms with Crippen LogP contribution in [-0.4, -0.2) is 15.6 Å². The van der Waals surface area contributed by atoms with Crippen molar-refractivity contribution in [2.45, 2.75) is 34.2 Å². The van der Waals surface area contributed by atoms with Crippen molar-refractivity contribution < 1.29 is 4.79 Å². The van der Waals surface area contributed by atoms with Gasteiger partial charge in [-0.1, -0.05) is 6.07 Å². The number of hydrogen-bond acceptors (Lipinski definition) is 3. The van der Waals surface area contributed by atoms with Gasteiger partial charge in [-0.2, -0.15) is 5.10 Å². The van der Waals surface area contributed by atoms with E-state index in [0.29, 0.717) is 5.56 Å². The normalized spacial score (nSPS) is 10.6. The van der Waals surface area contributed by atoms with Crippen LogP contribution in [0.4, 0.5) is 0 Å². The van der Waals surface area contributed by atoms with Crippen molar-refractivity contribution in [2.75, 3.05) is 0 Å². The highest BCUT2D eigenvalue weighted by Crippen LogP contribution is 2.16. The number of carbonyl (C=O) groups is 1. The molecule has 2 aromatic rings. The van der Waals surface area contributed by atoms with Gasteiger partial charge in [0.05, 0.1) is 6.20 Å². The zero-order valence-corrected chi connectivity index (χ0v) is 12.2. The Morgan fingerprint density at radius 2 is 1.70 bits per heavy atom. The fourth-order valence-electron chi connectivity index (χ4n) is 2.13. The Labute approximate surface area is 118 Å². The van der Waals surface area contributed by atoms with Crippen LogP contribution in [0.1, 0.15) is 32.6 Å². The third kappa shape index (κ3) is 2.85. The van der Waals surface area contributed by atoms with Crippen molar-refractivity contribution in [3.05, 3.63) is 62.6 Å². The fraction of sp³-hybridized carbons (Fsp3) is 0.312. The number of rotatable bonds is 3. The molecular formula is C16H18N2O2. The molecule has 20 heavy (non-hydrogen) atoms. The molecule has 4 nitrogen and oxygen atoms in total. The molecule has 1 aromatic carbocycles. The van der Waals surface area contributed by atoms with Gasteiger partial charge in [0.2, 0.25) is 0 Å². The third-order valence-corrected chi connectivity index (χ3v) is 3.44. The summed E-state index contributed by atoms with van der Waals surface area (Å²) in [6.45, 7) is 7.67. The van der Waals surface area contributed by atoms with Crippen molar-refractivity contribution in [2.24, 2.45) is 0 Å². The van der Waals surface area contributed by atoms with Crippen molar-refractivity contribution >= 4 is 5.78 Å². The predicted molar refractivity (Wildman–Crippen MR) is 78.2 cm³/mol. The summed E-state index contributed by atoms with van der Waals surface area (Å²) < 4.78 is 1.20. The summed E-state index contributed by atoms with van der Waals surface area (Å²) in [5.41, 5.74) is 4.36. The molecule has 0 unspecified atom stereocenters. The molecule has 1 aromatic heterocycles. The van der Waals surface area contributed by atoms with Crippen molar-refractivity contribution in [1.29, 1.82) is 0 Å². The van der Waals surface area contributed by atoms with Gasteiger partial charge in [-0.05, 0) is 56.0 Å². The van der Waals surface area contributed by atoms with Crippen LogP contribution in [0.15, 0.2) is 29.2 Å². The Bertz CT molecular complexity index is 730. The van der Waals surface area contributed by atoms with Crippen LogP contribution >= 0.6 is 0 Å². The van der Waals surface area contributed by atoms with Gasteiger partial charge in [0.15, 0.2) is 5.78 Å². The van der Waals surface area contributed by atoms with E-state index in [2.05, 4.69) is 5.10 Å². The Hall–Kier alpha value is -2.23. The molecule has 0 aliphatic heterocycles. The molecule has 2 rings (SSSR count). The maximum absolute atomic E-state index is 12.3.